The normalized spacial score (nSPS) is 11.4. The molecule has 0 saturated heterocycles. The molecule has 0 bridgehead atoms. The first-order valence-corrected chi connectivity index (χ1v) is 7.92. The zero-order valence-electron chi connectivity index (χ0n) is 8.10. The van der Waals surface area contributed by atoms with Crippen LogP contribution in [0.3, 0.4) is 0 Å². The molecule has 2 N–H and O–H groups in total. The lowest BCUT2D eigenvalue weighted by atomic mass is 10.3. The first-order chi connectivity index (χ1) is 5.90. The molecule has 0 radical (unpaired) electrons. The van der Waals surface area contributed by atoms with Gasteiger partial charge in [0.15, 0.2) is 0 Å². The van der Waals surface area contributed by atoms with E-state index in [0.29, 0.717) is 16.5 Å². The Kier molecular flexibility index (Phi) is 2.88. The van der Waals surface area contributed by atoms with Crippen molar-refractivity contribution in [1.29, 1.82) is 0 Å². The van der Waals surface area contributed by atoms with Gasteiger partial charge >= 0.3 is 0 Å². The average Bonchev–Trinajstić information content (AvgIpc) is 1.96. The van der Waals surface area contributed by atoms with Crippen molar-refractivity contribution >= 4 is 25.6 Å². The molecule has 2 nitrogen and oxygen atoms in total. The summed E-state index contributed by atoms with van der Waals surface area (Å²) in [6.45, 7) is 6.31. The van der Waals surface area contributed by atoms with E-state index in [1.165, 1.54) is 0 Å². The summed E-state index contributed by atoms with van der Waals surface area (Å²) < 4.78 is 5.74. The average molecular weight is 216 g/mol. The van der Waals surface area contributed by atoms with E-state index < -0.39 is 8.32 Å². The van der Waals surface area contributed by atoms with Gasteiger partial charge in [0, 0.05) is 0 Å². The Morgan fingerprint density at radius 1 is 1.31 bits per heavy atom. The molecule has 0 spiro atoms. The Labute approximate surface area is 84.8 Å². The first kappa shape index (κ1) is 10.4. The predicted octanol–water partition coefficient (Wildman–Crippen LogP) is 3.14. The Bertz CT molecular complexity index is 309. The lowest BCUT2D eigenvalue weighted by Gasteiger charge is -2.20. The Hall–Kier alpha value is -0.673. The van der Waals surface area contributed by atoms with E-state index in [9.17, 15) is 0 Å². The highest BCUT2D eigenvalue weighted by Gasteiger charge is 2.18. The number of hydrogen-bond donors (Lipinski definition) is 1. The third-order valence-corrected chi connectivity index (χ3v) is 2.65. The topological polar surface area (TPSA) is 35.2 Å². The number of nitrogen functional groups attached to an aromatic ring is 1. The Balaban J connectivity index is 2.96. The van der Waals surface area contributed by atoms with Crippen LogP contribution in [0.15, 0.2) is 18.2 Å². The first-order valence-electron chi connectivity index (χ1n) is 4.13. The smallest absolute Gasteiger partial charge is 0.242 e. The lowest BCUT2D eigenvalue weighted by Crippen LogP contribution is -2.29. The van der Waals surface area contributed by atoms with E-state index in [-0.39, 0.29) is 0 Å². The molecule has 72 valence electrons. The van der Waals surface area contributed by atoms with Crippen LogP contribution >= 0.6 is 11.6 Å². The summed E-state index contributed by atoms with van der Waals surface area (Å²) in [6, 6.07) is 5.45. The number of nitrogens with two attached hydrogens (primary N) is 1. The fourth-order valence-corrected chi connectivity index (χ4v) is 2.00. The summed E-state index contributed by atoms with van der Waals surface area (Å²) in [5, 5.41) is 0.518. The molecular formula is C9H14ClNOSi. The van der Waals surface area contributed by atoms with Crippen LogP contribution in [0.25, 0.3) is 0 Å². The number of anilines is 1. The standard InChI is InChI=1S/C9H14ClNOSi/c1-13(2,3)12-8-6-4-5-7(11)9(8)10/h4-6H,11H2,1-3H3. The molecule has 0 amide bonds. The molecule has 0 fully saturated rings. The molecule has 1 rings (SSSR count). The molecular weight excluding hydrogens is 202 g/mol. The second kappa shape index (κ2) is 3.60. The maximum atomic E-state index is 5.97. The molecule has 1 aromatic rings. The van der Waals surface area contributed by atoms with E-state index >= 15 is 0 Å². The highest BCUT2D eigenvalue weighted by atomic mass is 35.5. The van der Waals surface area contributed by atoms with Crippen molar-refractivity contribution in [3.8, 4) is 5.75 Å². The van der Waals surface area contributed by atoms with Crippen molar-refractivity contribution in [1.82, 2.24) is 0 Å². The fourth-order valence-electron chi connectivity index (χ4n) is 0.936. The van der Waals surface area contributed by atoms with E-state index in [2.05, 4.69) is 19.6 Å². The molecule has 0 saturated carbocycles. The molecule has 0 aliphatic carbocycles. The summed E-state index contributed by atoms with van der Waals surface area (Å²) >= 11 is 5.97. The van der Waals surface area contributed by atoms with Crippen molar-refractivity contribution < 1.29 is 4.43 Å². The summed E-state index contributed by atoms with van der Waals surface area (Å²) in [4.78, 5) is 0. The van der Waals surface area contributed by atoms with Crippen molar-refractivity contribution in [2.45, 2.75) is 19.6 Å². The minimum atomic E-state index is -1.59. The molecule has 1 aromatic carbocycles. The second-order valence-electron chi connectivity index (χ2n) is 3.87. The predicted molar refractivity (Wildman–Crippen MR) is 59.8 cm³/mol. The maximum Gasteiger partial charge on any atom is 0.242 e. The molecule has 0 aromatic heterocycles. The van der Waals surface area contributed by atoms with Gasteiger partial charge in [-0.05, 0) is 31.8 Å². The summed E-state index contributed by atoms with van der Waals surface area (Å²) in [5.41, 5.74) is 6.21. The molecule has 0 aliphatic rings. The van der Waals surface area contributed by atoms with E-state index in [1.54, 1.807) is 6.07 Å². The SMILES string of the molecule is C[Si](C)(C)Oc1cccc(N)c1Cl. The van der Waals surface area contributed by atoms with Crippen molar-refractivity contribution in [2.75, 3.05) is 5.73 Å². The molecule has 0 heterocycles. The van der Waals surface area contributed by atoms with Gasteiger partial charge in [-0.1, -0.05) is 17.7 Å². The third-order valence-electron chi connectivity index (χ3n) is 1.41. The highest BCUT2D eigenvalue weighted by molar-refractivity contribution is 6.70. The van der Waals surface area contributed by atoms with Gasteiger partial charge in [-0.25, -0.2) is 0 Å². The van der Waals surface area contributed by atoms with Gasteiger partial charge in [0.25, 0.3) is 0 Å². The highest BCUT2D eigenvalue weighted by Crippen LogP contribution is 2.31. The second-order valence-corrected chi connectivity index (χ2v) is 8.68. The van der Waals surface area contributed by atoms with Gasteiger partial charge in [0.2, 0.25) is 8.32 Å². The Morgan fingerprint density at radius 3 is 2.46 bits per heavy atom. The number of benzene rings is 1. The molecule has 0 aliphatic heterocycles. The summed E-state index contributed by atoms with van der Waals surface area (Å²) in [5.74, 6) is 0.695. The minimum Gasteiger partial charge on any atom is -0.543 e. The van der Waals surface area contributed by atoms with Gasteiger partial charge in [-0.15, -0.1) is 0 Å². The number of rotatable bonds is 2. The number of hydrogen-bond acceptors (Lipinski definition) is 2. The van der Waals surface area contributed by atoms with Gasteiger partial charge in [0.1, 0.15) is 10.8 Å². The van der Waals surface area contributed by atoms with Gasteiger partial charge < -0.3 is 10.2 Å². The van der Waals surface area contributed by atoms with Crippen LogP contribution in [0, 0.1) is 0 Å². The minimum absolute atomic E-state index is 0.518. The third kappa shape index (κ3) is 2.93. The lowest BCUT2D eigenvalue weighted by molar-refractivity contribution is 0.558. The van der Waals surface area contributed by atoms with Crippen LogP contribution in [-0.2, 0) is 0 Å². The van der Waals surface area contributed by atoms with Gasteiger partial charge in [-0.3, -0.25) is 0 Å². The largest absolute Gasteiger partial charge is 0.543 e. The molecule has 0 atom stereocenters. The van der Waals surface area contributed by atoms with Crippen molar-refractivity contribution in [3.05, 3.63) is 23.2 Å². The van der Waals surface area contributed by atoms with Crippen molar-refractivity contribution in [2.24, 2.45) is 0 Å². The van der Waals surface area contributed by atoms with E-state index in [1.807, 2.05) is 12.1 Å². The zero-order valence-corrected chi connectivity index (χ0v) is 9.85. The van der Waals surface area contributed by atoms with E-state index in [4.69, 9.17) is 21.8 Å². The number of halogens is 1. The Morgan fingerprint density at radius 2 is 1.92 bits per heavy atom. The van der Waals surface area contributed by atoms with Crippen LogP contribution in [0.2, 0.25) is 24.7 Å². The van der Waals surface area contributed by atoms with Crippen LogP contribution < -0.4 is 10.2 Å². The summed E-state index contributed by atoms with van der Waals surface area (Å²) in [7, 11) is -1.59. The fraction of sp³-hybridized carbons (Fsp3) is 0.333. The van der Waals surface area contributed by atoms with Gasteiger partial charge in [0.05, 0.1) is 5.69 Å². The zero-order chi connectivity index (χ0) is 10.1. The molecule has 0 unspecified atom stereocenters. The quantitative estimate of drug-likeness (QED) is 0.608. The summed E-state index contributed by atoms with van der Waals surface area (Å²) in [6.07, 6.45) is 0. The van der Waals surface area contributed by atoms with E-state index in [0.717, 1.165) is 0 Å². The van der Waals surface area contributed by atoms with Crippen LogP contribution in [-0.4, -0.2) is 8.32 Å². The monoisotopic (exact) mass is 215 g/mol. The van der Waals surface area contributed by atoms with Gasteiger partial charge in [-0.2, -0.15) is 0 Å². The van der Waals surface area contributed by atoms with Crippen LogP contribution in [0.1, 0.15) is 0 Å². The van der Waals surface area contributed by atoms with Crippen LogP contribution in [0.5, 0.6) is 5.75 Å². The van der Waals surface area contributed by atoms with Crippen LogP contribution in [0.4, 0.5) is 5.69 Å². The molecule has 13 heavy (non-hydrogen) atoms. The molecule has 4 heteroatoms. The maximum absolute atomic E-state index is 5.97. The van der Waals surface area contributed by atoms with Crippen molar-refractivity contribution in [3.63, 3.8) is 0 Å².